The van der Waals surface area contributed by atoms with Gasteiger partial charge in [-0.2, -0.15) is 0 Å². The number of hydrogen-bond acceptors (Lipinski definition) is 7. The van der Waals surface area contributed by atoms with Crippen molar-refractivity contribution in [2.45, 2.75) is 22.3 Å². The molecular formula is C8H10N6S2. The van der Waals surface area contributed by atoms with E-state index in [0.717, 1.165) is 10.9 Å². The Morgan fingerprint density at radius 1 is 1.25 bits per heavy atom. The van der Waals surface area contributed by atoms with E-state index in [9.17, 15) is 0 Å². The molecule has 0 aliphatic rings. The van der Waals surface area contributed by atoms with E-state index in [2.05, 4.69) is 25.1 Å². The molecule has 0 spiro atoms. The number of aromatic nitrogens is 5. The van der Waals surface area contributed by atoms with Crippen molar-refractivity contribution in [1.82, 2.24) is 25.1 Å². The van der Waals surface area contributed by atoms with E-state index in [1.54, 1.807) is 6.07 Å². The van der Waals surface area contributed by atoms with Crippen molar-refractivity contribution in [3.05, 3.63) is 11.9 Å². The first-order valence-electron chi connectivity index (χ1n) is 4.43. The van der Waals surface area contributed by atoms with E-state index < -0.39 is 0 Å². The fraction of sp³-hybridized carbons (Fsp3) is 0.250. The molecule has 0 fully saturated rings. The predicted molar refractivity (Wildman–Crippen MR) is 63.5 cm³/mol. The van der Waals surface area contributed by atoms with Crippen molar-refractivity contribution in [2.75, 3.05) is 12.0 Å². The van der Waals surface area contributed by atoms with Crippen LogP contribution in [0, 0.1) is 6.92 Å². The number of aromatic amines is 1. The average Bonchev–Trinajstić information content (AvgIpc) is 2.63. The number of nitrogen functional groups attached to an aromatic ring is 1. The average molecular weight is 254 g/mol. The first-order valence-corrected chi connectivity index (χ1v) is 6.47. The Kier molecular flexibility index (Phi) is 3.30. The minimum atomic E-state index is 0.453. The van der Waals surface area contributed by atoms with Crippen molar-refractivity contribution in [3.63, 3.8) is 0 Å². The fourth-order valence-corrected chi connectivity index (χ4v) is 2.24. The maximum Gasteiger partial charge on any atom is 0.214 e. The van der Waals surface area contributed by atoms with Crippen molar-refractivity contribution in [3.8, 4) is 0 Å². The van der Waals surface area contributed by atoms with Gasteiger partial charge in [0.25, 0.3) is 0 Å². The lowest BCUT2D eigenvalue weighted by Crippen LogP contribution is -1.95. The molecule has 2 rings (SSSR count). The molecule has 3 N–H and O–H groups in total. The number of aryl methyl sites for hydroxylation is 1. The zero-order valence-electron chi connectivity index (χ0n) is 8.76. The van der Waals surface area contributed by atoms with Gasteiger partial charge in [-0.05, 0) is 24.9 Å². The van der Waals surface area contributed by atoms with Crippen LogP contribution in [-0.2, 0) is 0 Å². The van der Waals surface area contributed by atoms with E-state index in [4.69, 9.17) is 5.73 Å². The standard InChI is InChI=1S/C8H10N6S2/c1-4-10-8(14-13-4)16-6-3-5(9)11-7(12-6)15-2/h3H,1-2H3,(H2,9,11,12)(H,10,13,14). The number of thioether (sulfide) groups is 1. The predicted octanol–water partition coefficient (Wildman–Crippen LogP) is 1.36. The van der Waals surface area contributed by atoms with Crippen molar-refractivity contribution < 1.29 is 0 Å². The molecule has 0 aromatic carbocycles. The molecule has 84 valence electrons. The SMILES string of the molecule is CSc1nc(N)cc(Sc2n[nH]c(C)n2)n1. The highest BCUT2D eigenvalue weighted by atomic mass is 32.2. The van der Waals surface area contributed by atoms with E-state index >= 15 is 0 Å². The van der Waals surface area contributed by atoms with Crippen LogP contribution in [0.2, 0.25) is 0 Å². The van der Waals surface area contributed by atoms with Gasteiger partial charge < -0.3 is 5.73 Å². The Hall–Kier alpha value is -1.28. The Morgan fingerprint density at radius 3 is 2.69 bits per heavy atom. The molecule has 6 nitrogen and oxygen atoms in total. The molecule has 8 heteroatoms. The van der Waals surface area contributed by atoms with Crippen LogP contribution in [-0.4, -0.2) is 31.4 Å². The van der Waals surface area contributed by atoms with Crippen molar-refractivity contribution >= 4 is 29.3 Å². The van der Waals surface area contributed by atoms with Crippen LogP contribution >= 0.6 is 23.5 Å². The molecule has 2 aromatic heterocycles. The number of hydrogen-bond donors (Lipinski definition) is 2. The molecular weight excluding hydrogens is 244 g/mol. The Balaban J connectivity index is 2.24. The number of rotatable bonds is 3. The molecule has 16 heavy (non-hydrogen) atoms. The van der Waals surface area contributed by atoms with Gasteiger partial charge in [0.2, 0.25) is 5.16 Å². The summed E-state index contributed by atoms with van der Waals surface area (Å²) in [5.41, 5.74) is 5.67. The maximum atomic E-state index is 5.67. The lowest BCUT2D eigenvalue weighted by atomic mass is 10.6. The highest BCUT2D eigenvalue weighted by molar-refractivity contribution is 7.99. The van der Waals surface area contributed by atoms with Gasteiger partial charge in [0.05, 0.1) is 0 Å². The second kappa shape index (κ2) is 4.71. The minimum absolute atomic E-state index is 0.453. The lowest BCUT2D eigenvalue weighted by molar-refractivity contribution is 0.894. The van der Waals surface area contributed by atoms with E-state index in [1.165, 1.54) is 23.5 Å². The third-order valence-electron chi connectivity index (χ3n) is 1.66. The summed E-state index contributed by atoms with van der Waals surface area (Å²) in [6.07, 6.45) is 1.90. The number of nitrogens with two attached hydrogens (primary N) is 1. The third-order valence-corrected chi connectivity index (χ3v) is 2.99. The molecule has 2 heterocycles. The van der Waals surface area contributed by atoms with Crippen molar-refractivity contribution in [2.24, 2.45) is 0 Å². The number of anilines is 1. The van der Waals surface area contributed by atoms with Crippen LogP contribution in [0.25, 0.3) is 0 Å². The molecule has 0 bridgehead atoms. The second-order valence-corrected chi connectivity index (χ2v) is 4.68. The van der Waals surface area contributed by atoms with E-state index in [0.29, 0.717) is 16.1 Å². The summed E-state index contributed by atoms with van der Waals surface area (Å²) in [5, 5.41) is 8.81. The first-order chi connectivity index (χ1) is 7.67. The number of nitrogens with zero attached hydrogens (tertiary/aromatic N) is 4. The quantitative estimate of drug-likeness (QED) is 0.485. The zero-order chi connectivity index (χ0) is 11.5. The number of nitrogens with one attached hydrogen (secondary N) is 1. The summed E-state index contributed by atoms with van der Waals surface area (Å²) >= 11 is 2.80. The van der Waals surface area contributed by atoms with E-state index in [1.807, 2.05) is 13.2 Å². The van der Waals surface area contributed by atoms with Crippen LogP contribution in [0.15, 0.2) is 21.4 Å². The molecule has 0 radical (unpaired) electrons. The van der Waals surface area contributed by atoms with Gasteiger partial charge in [0, 0.05) is 6.07 Å². The normalized spacial score (nSPS) is 10.6. The topological polar surface area (TPSA) is 93.4 Å². The van der Waals surface area contributed by atoms with E-state index in [-0.39, 0.29) is 0 Å². The highest BCUT2D eigenvalue weighted by Gasteiger charge is 2.07. The molecule has 0 saturated heterocycles. The summed E-state index contributed by atoms with van der Waals surface area (Å²) in [5.74, 6) is 1.23. The second-order valence-electron chi connectivity index (χ2n) is 2.92. The molecule has 0 aliphatic carbocycles. The van der Waals surface area contributed by atoms with Crippen LogP contribution in [0.1, 0.15) is 5.82 Å². The van der Waals surface area contributed by atoms with Gasteiger partial charge in [-0.15, -0.1) is 5.10 Å². The Labute approximate surface area is 101 Å². The molecule has 0 atom stereocenters. The van der Waals surface area contributed by atoms with Crippen LogP contribution in [0.5, 0.6) is 0 Å². The van der Waals surface area contributed by atoms with Gasteiger partial charge in [0.1, 0.15) is 16.7 Å². The molecule has 0 saturated carbocycles. The Bertz CT molecular complexity index is 497. The molecule has 0 unspecified atom stereocenters. The summed E-state index contributed by atoms with van der Waals surface area (Å²) in [7, 11) is 0. The van der Waals surface area contributed by atoms with Crippen LogP contribution in [0.3, 0.4) is 0 Å². The minimum Gasteiger partial charge on any atom is -0.384 e. The van der Waals surface area contributed by atoms with Gasteiger partial charge in [0.15, 0.2) is 5.16 Å². The summed E-state index contributed by atoms with van der Waals surface area (Å²) in [4.78, 5) is 12.5. The number of H-pyrrole nitrogens is 1. The summed E-state index contributed by atoms with van der Waals surface area (Å²) in [6, 6.07) is 1.70. The monoisotopic (exact) mass is 254 g/mol. The van der Waals surface area contributed by atoms with Crippen LogP contribution < -0.4 is 5.73 Å². The molecule has 0 amide bonds. The smallest absolute Gasteiger partial charge is 0.214 e. The van der Waals surface area contributed by atoms with Crippen molar-refractivity contribution in [1.29, 1.82) is 0 Å². The van der Waals surface area contributed by atoms with Gasteiger partial charge in [-0.1, -0.05) is 11.8 Å². The summed E-state index contributed by atoms with van der Waals surface area (Å²) in [6.45, 7) is 1.85. The van der Waals surface area contributed by atoms with Gasteiger partial charge in [-0.3, -0.25) is 5.10 Å². The Morgan fingerprint density at radius 2 is 2.06 bits per heavy atom. The van der Waals surface area contributed by atoms with Crippen LogP contribution in [0.4, 0.5) is 5.82 Å². The molecule has 0 aliphatic heterocycles. The van der Waals surface area contributed by atoms with Gasteiger partial charge in [-0.25, -0.2) is 15.0 Å². The van der Waals surface area contributed by atoms with Gasteiger partial charge >= 0.3 is 0 Å². The highest BCUT2D eigenvalue weighted by Crippen LogP contribution is 2.25. The lowest BCUT2D eigenvalue weighted by Gasteiger charge is -2.00. The first kappa shape index (κ1) is 11.2. The third kappa shape index (κ3) is 2.64. The largest absolute Gasteiger partial charge is 0.384 e. The zero-order valence-corrected chi connectivity index (χ0v) is 10.4. The maximum absolute atomic E-state index is 5.67. The summed E-state index contributed by atoms with van der Waals surface area (Å²) < 4.78 is 0. The molecule has 2 aromatic rings. The fourth-order valence-electron chi connectivity index (χ4n) is 1.03.